The Kier molecular flexibility index (Phi) is 4.64. The number of nitrogens with two attached hydrogens (primary N) is 2. The van der Waals surface area contributed by atoms with Crippen LogP contribution in [0.5, 0.6) is 11.5 Å². The van der Waals surface area contributed by atoms with Crippen molar-refractivity contribution in [3.8, 4) is 22.8 Å². The van der Waals surface area contributed by atoms with Crippen molar-refractivity contribution in [1.82, 2.24) is 9.38 Å². The van der Waals surface area contributed by atoms with Gasteiger partial charge in [0.2, 0.25) is 11.7 Å². The minimum Gasteiger partial charge on any atom is -0.496 e. The Hall–Kier alpha value is -3.67. The van der Waals surface area contributed by atoms with E-state index in [1.807, 2.05) is 0 Å². The fraction of sp³-hybridized carbons (Fsp3) is 0.133. The average Bonchev–Trinajstić information content (AvgIpc) is 3.20. The van der Waals surface area contributed by atoms with Crippen LogP contribution in [0.15, 0.2) is 28.7 Å². The first-order chi connectivity index (χ1) is 12.9. The van der Waals surface area contributed by atoms with Crippen molar-refractivity contribution >= 4 is 33.8 Å². The lowest BCUT2D eigenvalue weighted by atomic mass is 10.1. The van der Waals surface area contributed by atoms with E-state index >= 15 is 0 Å². The van der Waals surface area contributed by atoms with Crippen LogP contribution in [0.1, 0.15) is 5.69 Å². The number of nitro benzene ring substituents is 1. The molecule has 11 nitrogen and oxygen atoms in total. The van der Waals surface area contributed by atoms with Crippen LogP contribution < -0.4 is 20.9 Å². The summed E-state index contributed by atoms with van der Waals surface area (Å²) in [6.07, 6.45) is 1.72. The number of thiazole rings is 1. The number of nitro groups is 1. The highest BCUT2D eigenvalue weighted by Crippen LogP contribution is 2.41. The zero-order chi connectivity index (χ0) is 19.7. The lowest BCUT2D eigenvalue weighted by Crippen LogP contribution is -2.21. The van der Waals surface area contributed by atoms with E-state index in [0.29, 0.717) is 27.7 Å². The van der Waals surface area contributed by atoms with E-state index in [0.717, 1.165) is 0 Å². The van der Waals surface area contributed by atoms with Gasteiger partial charge in [0.15, 0.2) is 10.8 Å². The number of imidazole rings is 1. The standard InChI is InChI=1S/C15H15N7O4S/c1-25-9-6-10(26-2)8(22(23)24)5-7(9)11-12(13(16)20-14(17)18)21-3-4-27-15(21)19-11/h3-6H,1-2H3,(H5,16,17,18,20). The number of benzene rings is 1. The van der Waals surface area contributed by atoms with Crippen LogP contribution in [0.3, 0.4) is 0 Å². The Labute approximate surface area is 156 Å². The van der Waals surface area contributed by atoms with Gasteiger partial charge in [0.25, 0.3) is 0 Å². The van der Waals surface area contributed by atoms with Crippen LogP contribution in [0.4, 0.5) is 5.69 Å². The molecule has 3 aromatic rings. The lowest BCUT2D eigenvalue weighted by Gasteiger charge is -2.11. The van der Waals surface area contributed by atoms with Crippen molar-refractivity contribution in [2.45, 2.75) is 0 Å². The molecule has 5 N–H and O–H groups in total. The molecule has 0 atom stereocenters. The smallest absolute Gasteiger partial charge is 0.311 e. The Morgan fingerprint density at radius 3 is 2.63 bits per heavy atom. The van der Waals surface area contributed by atoms with E-state index in [1.54, 1.807) is 16.0 Å². The van der Waals surface area contributed by atoms with Gasteiger partial charge in [-0.1, -0.05) is 0 Å². The van der Waals surface area contributed by atoms with Crippen LogP contribution in [0.25, 0.3) is 16.2 Å². The van der Waals surface area contributed by atoms with Gasteiger partial charge in [-0.2, -0.15) is 4.99 Å². The van der Waals surface area contributed by atoms with Gasteiger partial charge in [0.1, 0.15) is 17.1 Å². The normalized spacial score (nSPS) is 11.6. The maximum Gasteiger partial charge on any atom is 0.311 e. The number of guanidine groups is 1. The Bertz CT molecular complexity index is 1090. The molecule has 3 rings (SSSR count). The van der Waals surface area contributed by atoms with E-state index in [-0.39, 0.29) is 17.3 Å². The second-order valence-corrected chi connectivity index (χ2v) is 6.10. The van der Waals surface area contributed by atoms with Gasteiger partial charge in [-0.3, -0.25) is 19.9 Å². The fourth-order valence-corrected chi connectivity index (χ4v) is 3.32. The zero-order valence-electron chi connectivity index (χ0n) is 14.3. The molecule has 0 aliphatic carbocycles. The number of fused-ring (bicyclic) bond motifs is 1. The SMILES string of the molecule is COc1cc(OC)c([N+](=O)[O-])cc1-c1nc2sccn2c1/C(N)=N/C(=N)N. The third-order valence-corrected chi connectivity index (χ3v) is 4.46. The number of rotatable bonds is 5. The number of amidine groups is 1. The molecule has 1 aromatic carbocycles. The summed E-state index contributed by atoms with van der Waals surface area (Å²) in [7, 11) is 2.76. The summed E-state index contributed by atoms with van der Waals surface area (Å²) in [6, 6.07) is 2.71. The number of methoxy groups -OCH3 is 2. The van der Waals surface area contributed by atoms with Crippen LogP contribution in [-0.2, 0) is 0 Å². The number of hydrogen-bond donors (Lipinski definition) is 3. The van der Waals surface area contributed by atoms with Crippen molar-refractivity contribution in [3.05, 3.63) is 39.5 Å². The third-order valence-electron chi connectivity index (χ3n) is 3.70. The third kappa shape index (κ3) is 3.13. The number of aliphatic imine (C=N–C) groups is 1. The predicted molar refractivity (Wildman–Crippen MR) is 101 cm³/mol. The quantitative estimate of drug-likeness (QED) is 0.258. The summed E-state index contributed by atoms with van der Waals surface area (Å²) in [5.41, 5.74) is 12.1. The van der Waals surface area contributed by atoms with Gasteiger partial charge in [-0.15, -0.1) is 11.3 Å². The van der Waals surface area contributed by atoms with Gasteiger partial charge < -0.3 is 20.9 Å². The molecule has 140 valence electrons. The Morgan fingerprint density at radius 1 is 1.33 bits per heavy atom. The molecule has 0 amide bonds. The maximum atomic E-state index is 11.4. The van der Waals surface area contributed by atoms with Crippen LogP contribution in [0, 0.1) is 15.5 Å². The number of aromatic nitrogens is 2. The van der Waals surface area contributed by atoms with E-state index in [2.05, 4.69) is 9.98 Å². The zero-order valence-corrected chi connectivity index (χ0v) is 15.1. The first-order valence-electron chi connectivity index (χ1n) is 7.42. The van der Waals surface area contributed by atoms with Crippen LogP contribution in [0.2, 0.25) is 0 Å². The monoisotopic (exact) mass is 389 g/mol. The van der Waals surface area contributed by atoms with Crippen molar-refractivity contribution in [1.29, 1.82) is 5.41 Å². The van der Waals surface area contributed by atoms with Crippen LogP contribution >= 0.6 is 11.3 Å². The molecule has 27 heavy (non-hydrogen) atoms. The van der Waals surface area contributed by atoms with E-state index in [4.69, 9.17) is 26.4 Å². The minimum absolute atomic E-state index is 0.0496. The fourth-order valence-electron chi connectivity index (χ4n) is 2.61. The topological polar surface area (TPSA) is 167 Å². The average molecular weight is 389 g/mol. The van der Waals surface area contributed by atoms with E-state index in [1.165, 1.54) is 37.7 Å². The minimum atomic E-state index is -0.563. The molecule has 0 fully saturated rings. The van der Waals surface area contributed by atoms with Gasteiger partial charge in [-0.25, -0.2) is 4.98 Å². The first kappa shape index (κ1) is 18.1. The first-order valence-corrected chi connectivity index (χ1v) is 8.30. The van der Waals surface area contributed by atoms with Crippen molar-refractivity contribution in [3.63, 3.8) is 0 Å². The molecule has 0 radical (unpaired) electrons. The molecule has 2 heterocycles. The summed E-state index contributed by atoms with van der Waals surface area (Å²) in [6.45, 7) is 0. The lowest BCUT2D eigenvalue weighted by molar-refractivity contribution is -0.385. The number of ether oxygens (including phenoxy) is 2. The molecular weight excluding hydrogens is 374 g/mol. The van der Waals surface area contributed by atoms with Gasteiger partial charge in [0, 0.05) is 23.7 Å². The van der Waals surface area contributed by atoms with Crippen molar-refractivity contribution < 1.29 is 14.4 Å². The summed E-state index contributed by atoms with van der Waals surface area (Å²) < 4.78 is 12.1. The second kappa shape index (κ2) is 6.92. The summed E-state index contributed by atoms with van der Waals surface area (Å²) >= 11 is 1.34. The number of nitrogens with one attached hydrogen (secondary N) is 1. The molecule has 0 saturated heterocycles. The summed E-state index contributed by atoms with van der Waals surface area (Å²) in [5.74, 6) is -0.172. The van der Waals surface area contributed by atoms with E-state index in [9.17, 15) is 10.1 Å². The highest BCUT2D eigenvalue weighted by atomic mass is 32.1. The highest BCUT2D eigenvalue weighted by molar-refractivity contribution is 7.15. The molecule has 0 spiro atoms. The van der Waals surface area contributed by atoms with Crippen LogP contribution in [-0.4, -0.2) is 40.3 Å². The predicted octanol–water partition coefficient (Wildman–Crippen LogP) is 1.59. The second-order valence-electron chi connectivity index (χ2n) is 5.23. The molecule has 0 aliphatic rings. The molecule has 0 bridgehead atoms. The van der Waals surface area contributed by atoms with Gasteiger partial charge in [0.05, 0.1) is 24.7 Å². The Balaban J connectivity index is 2.35. The largest absolute Gasteiger partial charge is 0.496 e. The van der Waals surface area contributed by atoms with Crippen molar-refractivity contribution in [2.24, 2.45) is 16.5 Å². The summed E-state index contributed by atoms with van der Waals surface area (Å²) in [5, 5.41) is 20.6. The number of hydrogen-bond acceptors (Lipinski definition) is 7. The molecule has 0 unspecified atom stereocenters. The highest BCUT2D eigenvalue weighted by Gasteiger charge is 2.26. The molecular formula is C15H15N7O4S. The maximum absolute atomic E-state index is 11.4. The van der Waals surface area contributed by atoms with Gasteiger partial charge in [-0.05, 0) is 0 Å². The molecule has 2 aromatic heterocycles. The van der Waals surface area contributed by atoms with Crippen molar-refractivity contribution in [2.75, 3.05) is 14.2 Å². The van der Waals surface area contributed by atoms with Gasteiger partial charge >= 0.3 is 5.69 Å². The summed E-state index contributed by atoms with van der Waals surface area (Å²) in [4.78, 5) is 19.7. The molecule has 0 saturated carbocycles. The molecule has 0 aliphatic heterocycles. The Morgan fingerprint density at radius 2 is 2.04 bits per heavy atom. The van der Waals surface area contributed by atoms with E-state index < -0.39 is 10.9 Å². The molecule has 12 heteroatoms. The number of nitrogens with zero attached hydrogens (tertiary/aromatic N) is 4.